The van der Waals surface area contributed by atoms with Crippen LogP contribution in [0.1, 0.15) is 55.6 Å². The molecule has 0 aliphatic rings. The molecular formula is C29H29Br2N3O3. The molecule has 8 heteroatoms. The Morgan fingerprint density at radius 3 is 2.57 bits per heavy atom. The van der Waals surface area contributed by atoms with E-state index in [0.717, 1.165) is 26.5 Å². The Labute approximate surface area is 233 Å². The van der Waals surface area contributed by atoms with E-state index in [1.165, 1.54) is 10.2 Å². The van der Waals surface area contributed by atoms with Gasteiger partial charge in [-0.3, -0.25) is 4.79 Å². The molecule has 4 rings (SSSR count). The quantitative estimate of drug-likeness (QED) is 0.179. The van der Waals surface area contributed by atoms with Crippen LogP contribution in [0.3, 0.4) is 0 Å². The first kappa shape index (κ1) is 27.1. The molecule has 1 atom stereocenters. The Hall–Kier alpha value is -2.97. The molecule has 0 aliphatic heterocycles. The van der Waals surface area contributed by atoms with Crippen molar-refractivity contribution in [3.8, 4) is 11.5 Å². The third kappa shape index (κ3) is 6.30. The largest absolute Gasteiger partial charge is 0.490 e. The predicted octanol–water partition coefficient (Wildman–Crippen LogP) is 7.60. The van der Waals surface area contributed by atoms with Crippen LogP contribution in [-0.4, -0.2) is 22.5 Å². The highest BCUT2D eigenvalue weighted by Gasteiger charge is 2.16. The van der Waals surface area contributed by atoms with Crippen molar-refractivity contribution in [3.05, 3.63) is 96.4 Å². The molecule has 0 amide bonds. The lowest BCUT2D eigenvalue weighted by molar-refractivity contribution is 0.269. The van der Waals surface area contributed by atoms with Crippen LogP contribution in [0.4, 0.5) is 0 Å². The van der Waals surface area contributed by atoms with E-state index in [4.69, 9.17) is 14.5 Å². The number of rotatable bonds is 9. The Balaban J connectivity index is 1.72. The van der Waals surface area contributed by atoms with Gasteiger partial charge in [-0.15, -0.1) is 0 Å². The summed E-state index contributed by atoms with van der Waals surface area (Å²) in [5.41, 5.74) is 3.46. The summed E-state index contributed by atoms with van der Waals surface area (Å²) in [6.45, 7) is 9.01. The monoisotopic (exact) mass is 625 g/mol. The summed E-state index contributed by atoms with van der Waals surface area (Å²) in [5, 5.41) is 5.10. The molecule has 0 N–H and O–H groups in total. The zero-order valence-electron chi connectivity index (χ0n) is 21.3. The molecular weight excluding hydrogens is 598 g/mol. The van der Waals surface area contributed by atoms with Crippen LogP contribution >= 0.6 is 31.9 Å². The van der Waals surface area contributed by atoms with Crippen LogP contribution in [0.2, 0.25) is 0 Å². The Bertz CT molecular complexity index is 1510. The second-order valence-corrected chi connectivity index (χ2v) is 10.6. The normalized spacial score (nSPS) is 12.3. The van der Waals surface area contributed by atoms with Gasteiger partial charge in [-0.25, -0.2) is 4.98 Å². The molecule has 6 nitrogen and oxygen atoms in total. The zero-order chi connectivity index (χ0) is 26.5. The minimum absolute atomic E-state index is 0.0534. The summed E-state index contributed by atoms with van der Waals surface area (Å²) in [7, 11) is 0. The van der Waals surface area contributed by atoms with Crippen molar-refractivity contribution in [2.75, 3.05) is 6.61 Å². The first-order valence-corrected chi connectivity index (χ1v) is 13.8. The van der Waals surface area contributed by atoms with E-state index in [1.54, 1.807) is 12.3 Å². The van der Waals surface area contributed by atoms with E-state index >= 15 is 0 Å². The molecule has 3 aromatic carbocycles. The van der Waals surface area contributed by atoms with Crippen molar-refractivity contribution in [2.45, 2.75) is 46.6 Å². The number of aromatic nitrogens is 2. The SMILES string of the molecule is CCOc1cc(C=Nn2c([C@H](C)CC)nc3ccc(Br)cc3c2=O)c(Br)cc1OCc1cccc(C)c1. The van der Waals surface area contributed by atoms with Gasteiger partial charge >= 0.3 is 0 Å². The second kappa shape index (κ2) is 12.0. The smallest absolute Gasteiger partial charge is 0.282 e. The fourth-order valence-electron chi connectivity index (χ4n) is 3.89. The summed E-state index contributed by atoms with van der Waals surface area (Å²) in [6.07, 6.45) is 2.48. The molecule has 0 fully saturated rings. The van der Waals surface area contributed by atoms with Crippen LogP contribution < -0.4 is 15.0 Å². The Morgan fingerprint density at radius 2 is 1.84 bits per heavy atom. The number of benzene rings is 3. The maximum Gasteiger partial charge on any atom is 0.282 e. The van der Waals surface area contributed by atoms with Gasteiger partial charge in [0.25, 0.3) is 5.56 Å². The Morgan fingerprint density at radius 1 is 1.05 bits per heavy atom. The number of halogens is 2. The number of nitrogens with zero attached hydrogens (tertiary/aromatic N) is 3. The summed E-state index contributed by atoms with van der Waals surface area (Å²) in [5.74, 6) is 1.91. The third-order valence-electron chi connectivity index (χ3n) is 6.04. The molecule has 4 aromatic rings. The average Bonchev–Trinajstić information content (AvgIpc) is 2.88. The molecule has 0 saturated carbocycles. The van der Waals surface area contributed by atoms with Gasteiger partial charge in [-0.2, -0.15) is 9.78 Å². The van der Waals surface area contributed by atoms with Gasteiger partial charge in [0.15, 0.2) is 11.5 Å². The number of ether oxygens (including phenoxy) is 2. The van der Waals surface area contributed by atoms with Crippen LogP contribution in [0.5, 0.6) is 11.5 Å². The third-order valence-corrected chi connectivity index (χ3v) is 7.22. The van der Waals surface area contributed by atoms with Crippen molar-refractivity contribution in [3.63, 3.8) is 0 Å². The zero-order valence-corrected chi connectivity index (χ0v) is 24.5. The van der Waals surface area contributed by atoms with E-state index in [9.17, 15) is 4.79 Å². The minimum Gasteiger partial charge on any atom is -0.490 e. The highest BCUT2D eigenvalue weighted by molar-refractivity contribution is 9.10. The minimum atomic E-state index is -0.211. The summed E-state index contributed by atoms with van der Waals surface area (Å²) < 4.78 is 15.0. The topological polar surface area (TPSA) is 65.7 Å². The summed E-state index contributed by atoms with van der Waals surface area (Å²) >= 11 is 7.09. The van der Waals surface area contributed by atoms with Gasteiger partial charge in [0.2, 0.25) is 0 Å². The first-order chi connectivity index (χ1) is 17.8. The van der Waals surface area contributed by atoms with Gasteiger partial charge < -0.3 is 9.47 Å². The molecule has 37 heavy (non-hydrogen) atoms. The number of hydrogen-bond acceptors (Lipinski definition) is 5. The fourth-order valence-corrected chi connectivity index (χ4v) is 4.68. The van der Waals surface area contributed by atoms with E-state index in [2.05, 4.69) is 62.9 Å². The highest BCUT2D eigenvalue weighted by atomic mass is 79.9. The lowest BCUT2D eigenvalue weighted by Gasteiger charge is -2.15. The van der Waals surface area contributed by atoms with E-state index in [-0.39, 0.29) is 11.5 Å². The van der Waals surface area contributed by atoms with Crippen LogP contribution in [0, 0.1) is 6.92 Å². The van der Waals surface area contributed by atoms with Crippen molar-refractivity contribution in [1.82, 2.24) is 9.66 Å². The van der Waals surface area contributed by atoms with E-state index < -0.39 is 0 Å². The predicted molar refractivity (Wildman–Crippen MR) is 156 cm³/mol. The number of fused-ring (bicyclic) bond motifs is 1. The lowest BCUT2D eigenvalue weighted by Crippen LogP contribution is -2.23. The maximum atomic E-state index is 13.4. The maximum absolute atomic E-state index is 13.4. The molecule has 0 aliphatic carbocycles. The van der Waals surface area contributed by atoms with Crippen LogP contribution in [0.15, 0.2) is 73.4 Å². The van der Waals surface area contributed by atoms with Crippen molar-refractivity contribution in [1.29, 1.82) is 0 Å². The van der Waals surface area contributed by atoms with Gasteiger partial charge in [0, 0.05) is 20.4 Å². The van der Waals surface area contributed by atoms with Gasteiger partial charge in [-0.05, 0) is 72.1 Å². The molecule has 0 radical (unpaired) electrons. The van der Waals surface area contributed by atoms with Crippen LogP contribution in [-0.2, 0) is 6.61 Å². The number of hydrogen-bond donors (Lipinski definition) is 0. The van der Waals surface area contributed by atoms with Gasteiger partial charge in [-0.1, -0.05) is 59.6 Å². The molecule has 0 bridgehead atoms. The molecule has 192 valence electrons. The van der Waals surface area contributed by atoms with E-state index in [1.807, 2.05) is 50.2 Å². The molecule has 1 heterocycles. The fraction of sp³-hybridized carbons (Fsp3) is 0.276. The van der Waals surface area contributed by atoms with Crippen molar-refractivity contribution < 1.29 is 9.47 Å². The average molecular weight is 627 g/mol. The number of aryl methyl sites for hydroxylation is 1. The van der Waals surface area contributed by atoms with Crippen molar-refractivity contribution >= 4 is 49.0 Å². The van der Waals surface area contributed by atoms with E-state index in [0.29, 0.717) is 41.4 Å². The Kier molecular flexibility index (Phi) is 8.82. The standard InChI is InChI=1S/C29H29Br2N3O3/c1-5-19(4)28-33-25-11-10-22(30)14-23(25)29(35)34(28)32-16-21-13-26(36-6-2)27(15-24(21)31)37-17-20-9-7-8-18(3)12-20/h7-16,19H,5-6,17H2,1-4H3/t19-/m1/s1. The second-order valence-electron chi connectivity index (χ2n) is 8.83. The molecule has 0 unspecified atom stereocenters. The summed E-state index contributed by atoms with van der Waals surface area (Å²) in [4.78, 5) is 18.2. The first-order valence-electron chi connectivity index (χ1n) is 12.2. The van der Waals surface area contributed by atoms with Crippen molar-refractivity contribution in [2.24, 2.45) is 5.10 Å². The molecule has 0 saturated heterocycles. The lowest BCUT2D eigenvalue weighted by atomic mass is 10.1. The van der Waals surface area contributed by atoms with Crippen LogP contribution in [0.25, 0.3) is 10.9 Å². The summed E-state index contributed by atoms with van der Waals surface area (Å²) in [6, 6.07) is 17.5. The molecule has 1 aromatic heterocycles. The highest BCUT2D eigenvalue weighted by Crippen LogP contribution is 2.34. The van der Waals surface area contributed by atoms with Gasteiger partial charge in [0.1, 0.15) is 12.4 Å². The van der Waals surface area contributed by atoms with Gasteiger partial charge in [0.05, 0.1) is 23.7 Å². The molecule has 0 spiro atoms.